The molecule has 1 radical (unpaired) electrons. The molecule has 0 spiro atoms. The number of alkyl halides is 6. The highest BCUT2D eigenvalue weighted by atomic mass is 19.4. The standard InChI is InChI=1S/C8H3F6/c9-7(10,11)5-3-1-2-4-6(5)8(12,13)14/h1,3-4H. The van der Waals surface area contributed by atoms with Crippen LogP contribution in [-0.4, -0.2) is 0 Å². The van der Waals surface area contributed by atoms with Gasteiger partial charge in [-0.2, -0.15) is 26.3 Å². The molecule has 0 aliphatic heterocycles. The second kappa shape index (κ2) is 3.18. The zero-order valence-corrected chi connectivity index (χ0v) is 6.50. The third-order valence-corrected chi connectivity index (χ3v) is 1.47. The van der Waals surface area contributed by atoms with Gasteiger partial charge in [-0.1, -0.05) is 6.07 Å². The van der Waals surface area contributed by atoms with Gasteiger partial charge in [-0.15, -0.1) is 0 Å². The number of hydrogen-bond acceptors (Lipinski definition) is 0. The molecule has 0 saturated carbocycles. The number of hydrogen-bond donors (Lipinski definition) is 0. The first-order chi connectivity index (χ1) is 6.23. The van der Waals surface area contributed by atoms with Crippen LogP contribution in [0, 0.1) is 6.07 Å². The minimum atomic E-state index is -5.01. The van der Waals surface area contributed by atoms with Gasteiger partial charge in [-0.05, 0) is 18.2 Å². The van der Waals surface area contributed by atoms with E-state index in [2.05, 4.69) is 0 Å². The lowest BCUT2D eigenvalue weighted by molar-refractivity contribution is -0.162. The molecule has 77 valence electrons. The van der Waals surface area contributed by atoms with Crippen LogP contribution in [0.25, 0.3) is 0 Å². The average Bonchev–Trinajstić information content (AvgIpc) is 2.01. The number of rotatable bonds is 0. The van der Waals surface area contributed by atoms with Crippen LogP contribution >= 0.6 is 0 Å². The van der Waals surface area contributed by atoms with Gasteiger partial charge < -0.3 is 0 Å². The van der Waals surface area contributed by atoms with Gasteiger partial charge in [0.05, 0.1) is 11.1 Å². The SMILES string of the molecule is FC(F)(F)c1c[c]ccc1C(F)(F)F. The first-order valence-corrected chi connectivity index (χ1v) is 3.37. The fraction of sp³-hybridized carbons (Fsp3) is 0.250. The van der Waals surface area contributed by atoms with Crippen molar-refractivity contribution in [2.75, 3.05) is 0 Å². The van der Waals surface area contributed by atoms with Crippen LogP contribution in [0.4, 0.5) is 26.3 Å². The summed E-state index contributed by atoms with van der Waals surface area (Å²) in [6.45, 7) is 0. The first kappa shape index (κ1) is 10.9. The van der Waals surface area contributed by atoms with E-state index >= 15 is 0 Å². The maximum atomic E-state index is 12.1. The summed E-state index contributed by atoms with van der Waals surface area (Å²) in [6, 6.07) is 3.38. The van der Waals surface area contributed by atoms with Crippen LogP contribution in [0.2, 0.25) is 0 Å². The van der Waals surface area contributed by atoms with Gasteiger partial charge in [0.1, 0.15) is 0 Å². The summed E-state index contributed by atoms with van der Waals surface area (Å²) in [5.41, 5.74) is -3.41. The molecule has 0 bridgehead atoms. The number of halogens is 6. The summed E-state index contributed by atoms with van der Waals surface area (Å²) in [7, 11) is 0. The summed E-state index contributed by atoms with van der Waals surface area (Å²) in [5.74, 6) is 0. The highest BCUT2D eigenvalue weighted by Crippen LogP contribution is 2.39. The van der Waals surface area contributed by atoms with Crippen molar-refractivity contribution in [2.24, 2.45) is 0 Å². The third kappa shape index (κ3) is 2.18. The van der Waals surface area contributed by atoms with Crippen molar-refractivity contribution in [3.05, 3.63) is 35.4 Å². The Morgan fingerprint density at radius 2 is 1.36 bits per heavy atom. The fourth-order valence-electron chi connectivity index (χ4n) is 0.912. The molecule has 0 heterocycles. The maximum Gasteiger partial charge on any atom is 0.417 e. The van der Waals surface area contributed by atoms with E-state index in [0.29, 0.717) is 6.07 Å². The van der Waals surface area contributed by atoms with E-state index in [0.717, 1.165) is 6.07 Å². The Labute approximate surface area is 75.2 Å². The highest BCUT2D eigenvalue weighted by molar-refractivity contribution is 5.31. The zero-order valence-electron chi connectivity index (χ0n) is 6.50. The van der Waals surface area contributed by atoms with Gasteiger partial charge in [-0.25, -0.2) is 0 Å². The van der Waals surface area contributed by atoms with E-state index < -0.39 is 23.5 Å². The van der Waals surface area contributed by atoms with Crippen molar-refractivity contribution in [1.82, 2.24) is 0 Å². The Bertz CT molecular complexity index is 288. The minimum absolute atomic E-state index is 0.281. The normalized spacial score (nSPS) is 13.0. The van der Waals surface area contributed by atoms with E-state index in [1.165, 1.54) is 0 Å². The molecule has 0 amide bonds. The van der Waals surface area contributed by atoms with Crippen molar-refractivity contribution in [3.8, 4) is 0 Å². The van der Waals surface area contributed by atoms with E-state index in [9.17, 15) is 26.3 Å². The van der Waals surface area contributed by atoms with E-state index in [-0.39, 0.29) is 6.07 Å². The highest BCUT2D eigenvalue weighted by Gasteiger charge is 2.42. The molecule has 0 N–H and O–H groups in total. The van der Waals surface area contributed by atoms with Gasteiger partial charge >= 0.3 is 12.4 Å². The van der Waals surface area contributed by atoms with Crippen molar-refractivity contribution in [3.63, 3.8) is 0 Å². The Hall–Kier alpha value is -1.20. The van der Waals surface area contributed by atoms with Crippen LogP contribution in [0.15, 0.2) is 18.2 Å². The maximum absolute atomic E-state index is 12.1. The van der Waals surface area contributed by atoms with E-state index in [1.54, 1.807) is 0 Å². The predicted molar refractivity (Wildman–Crippen MR) is 35.3 cm³/mol. The topological polar surface area (TPSA) is 0 Å². The van der Waals surface area contributed by atoms with Gasteiger partial charge in [0.2, 0.25) is 0 Å². The average molecular weight is 213 g/mol. The molecular formula is C8H3F6. The van der Waals surface area contributed by atoms with Gasteiger partial charge in [-0.3, -0.25) is 0 Å². The second-order valence-electron chi connectivity index (χ2n) is 2.47. The molecule has 0 nitrogen and oxygen atoms in total. The van der Waals surface area contributed by atoms with Crippen LogP contribution in [-0.2, 0) is 12.4 Å². The van der Waals surface area contributed by atoms with Gasteiger partial charge in [0.15, 0.2) is 0 Å². The monoisotopic (exact) mass is 213 g/mol. The quantitative estimate of drug-likeness (QED) is 0.578. The zero-order chi connectivity index (χ0) is 11.0. The van der Waals surface area contributed by atoms with Gasteiger partial charge in [0.25, 0.3) is 0 Å². The molecule has 0 fully saturated rings. The van der Waals surface area contributed by atoms with Crippen molar-refractivity contribution < 1.29 is 26.3 Å². The minimum Gasteiger partial charge on any atom is -0.166 e. The van der Waals surface area contributed by atoms with Crippen molar-refractivity contribution >= 4 is 0 Å². The Morgan fingerprint density at radius 3 is 1.71 bits per heavy atom. The predicted octanol–water partition coefficient (Wildman–Crippen LogP) is 3.52. The molecule has 1 rings (SSSR count). The molecule has 1 aromatic carbocycles. The Morgan fingerprint density at radius 1 is 0.857 bits per heavy atom. The molecule has 0 unspecified atom stereocenters. The third-order valence-electron chi connectivity index (χ3n) is 1.47. The Balaban J connectivity index is 3.31. The lowest BCUT2D eigenvalue weighted by Crippen LogP contribution is -2.15. The molecule has 14 heavy (non-hydrogen) atoms. The molecule has 0 aliphatic rings. The fourth-order valence-corrected chi connectivity index (χ4v) is 0.912. The summed E-state index contributed by atoms with van der Waals surface area (Å²) in [4.78, 5) is 0. The summed E-state index contributed by atoms with van der Waals surface area (Å²) in [5, 5.41) is 0. The van der Waals surface area contributed by atoms with E-state index in [4.69, 9.17) is 0 Å². The largest absolute Gasteiger partial charge is 0.417 e. The molecule has 0 atom stereocenters. The summed E-state index contributed by atoms with van der Waals surface area (Å²) >= 11 is 0. The molecular weight excluding hydrogens is 210 g/mol. The van der Waals surface area contributed by atoms with Crippen LogP contribution in [0.5, 0.6) is 0 Å². The van der Waals surface area contributed by atoms with Crippen LogP contribution in [0.1, 0.15) is 11.1 Å². The Kier molecular flexibility index (Phi) is 2.47. The van der Waals surface area contributed by atoms with Crippen LogP contribution < -0.4 is 0 Å². The number of benzene rings is 1. The van der Waals surface area contributed by atoms with E-state index in [1.807, 2.05) is 6.07 Å². The molecule has 6 heteroatoms. The van der Waals surface area contributed by atoms with Gasteiger partial charge in [0, 0.05) is 0 Å². The molecule has 0 aromatic heterocycles. The first-order valence-electron chi connectivity index (χ1n) is 3.37. The smallest absolute Gasteiger partial charge is 0.166 e. The lowest BCUT2D eigenvalue weighted by Gasteiger charge is -2.14. The van der Waals surface area contributed by atoms with Crippen molar-refractivity contribution in [2.45, 2.75) is 12.4 Å². The molecule has 1 aromatic rings. The van der Waals surface area contributed by atoms with Crippen LogP contribution in [0.3, 0.4) is 0 Å². The van der Waals surface area contributed by atoms with Crippen molar-refractivity contribution in [1.29, 1.82) is 0 Å². The second-order valence-corrected chi connectivity index (χ2v) is 2.47. The molecule has 0 saturated heterocycles. The summed E-state index contributed by atoms with van der Waals surface area (Å²) in [6.07, 6.45) is -10.0. The lowest BCUT2D eigenvalue weighted by atomic mass is 10.1. The summed E-state index contributed by atoms with van der Waals surface area (Å²) < 4.78 is 72.4. The molecule has 0 aliphatic carbocycles.